The molecule has 0 saturated heterocycles. The first-order chi connectivity index (χ1) is 10.5. The van der Waals surface area contributed by atoms with Gasteiger partial charge in [-0.15, -0.1) is 11.3 Å². The van der Waals surface area contributed by atoms with Crippen molar-refractivity contribution in [1.29, 1.82) is 0 Å². The predicted molar refractivity (Wildman–Crippen MR) is 85.8 cm³/mol. The van der Waals surface area contributed by atoms with Crippen LogP contribution in [0.3, 0.4) is 0 Å². The van der Waals surface area contributed by atoms with Crippen LogP contribution in [0.4, 0.5) is 0 Å². The van der Waals surface area contributed by atoms with E-state index < -0.39 is 0 Å². The maximum Gasteiger partial charge on any atom is 0.355 e. The summed E-state index contributed by atoms with van der Waals surface area (Å²) < 4.78 is 5.25. The number of carbonyl (C=O) groups excluding carboxylic acids is 2. The van der Waals surface area contributed by atoms with Gasteiger partial charge in [0.2, 0.25) is 0 Å². The lowest BCUT2D eigenvalue weighted by molar-refractivity contribution is 0.0370. The van der Waals surface area contributed by atoms with E-state index in [9.17, 15) is 9.59 Å². The molecule has 4 nitrogen and oxygen atoms in total. The molecule has 2 aromatic heterocycles. The third-order valence-corrected chi connectivity index (χ3v) is 5.02. The van der Waals surface area contributed by atoms with Gasteiger partial charge in [-0.1, -0.05) is 6.07 Å². The Morgan fingerprint density at radius 3 is 2.82 bits per heavy atom. The third-order valence-electron chi connectivity index (χ3n) is 3.98. The zero-order chi connectivity index (χ0) is 15.9. The first-order valence-corrected chi connectivity index (χ1v) is 8.34. The molecule has 1 atom stereocenters. The van der Waals surface area contributed by atoms with Crippen LogP contribution in [0.5, 0.6) is 0 Å². The SMILES string of the molecule is Cc1c(C(=O)OC(C)C)[nH]c2c1C(=O)C[C@@H](c1cccs1)C2. The van der Waals surface area contributed by atoms with E-state index in [4.69, 9.17) is 4.74 Å². The second-order valence-corrected chi connectivity index (χ2v) is 6.96. The first-order valence-electron chi connectivity index (χ1n) is 7.46. The Bertz CT molecular complexity index is 713. The Hall–Kier alpha value is -1.88. The zero-order valence-corrected chi connectivity index (χ0v) is 13.8. The summed E-state index contributed by atoms with van der Waals surface area (Å²) in [5.74, 6) is -0.0774. The van der Waals surface area contributed by atoms with Gasteiger partial charge in [0, 0.05) is 28.5 Å². The van der Waals surface area contributed by atoms with E-state index in [2.05, 4.69) is 11.1 Å². The third kappa shape index (κ3) is 2.61. The molecule has 0 amide bonds. The van der Waals surface area contributed by atoms with Crippen LogP contribution in [0.25, 0.3) is 0 Å². The number of thiophene rings is 1. The minimum atomic E-state index is -0.387. The van der Waals surface area contributed by atoms with Gasteiger partial charge in [-0.25, -0.2) is 4.79 Å². The highest BCUT2D eigenvalue weighted by atomic mass is 32.1. The van der Waals surface area contributed by atoms with Crippen LogP contribution in [0, 0.1) is 6.92 Å². The molecule has 0 aliphatic heterocycles. The normalized spacial score (nSPS) is 17.6. The summed E-state index contributed by atoms with van der Waals surface area (Å²) in [4.78, 5) is 29.0. The number of ether oxygens (including phenoxy) is 1. The number of fused-ring (bicyclic) bond motifs is 1. The van der Waals surface area contributed by atoms with Gasteiger partial charge in [0.05, 0.1) is 6.10 Å². The average Bonchev–Trinajstić information content (AvgIpc) is 3.06. The van der Waals surface area contributed by atoms with E-state index in [1.807, 2.05) is 32.2 Å². The number of carbonyl (C=O) groups is 2. The molecule has 0 saturated carbocycles. The summed E-state index contributed by atoms with van der Waals surface area (Å²) in [5.41, 5.74) is 2.68. The molecular formula is C17H19NO3S. The lowest BCUT2D eigenvalue weighted by Crippen LogP contribution is -2.17. The summed E-state index contributed by atoms with van der Waals surface area (Å²) in [6, 6.07) is 4.07. The Kier molecular flexibility index (Phi) is 3.91. The summed E-state index contributed by atoms with van der Waals surface area (Å²) >= 11 is 1.67. The second kappa shape index (κ2) is 5.72. The van der Waals surface area contributed by atoms with Crippen molar-refractivity contribution in [2.24, 2.45) is 0 Å². The van der Waals surface area contributed by atoms with E-state index in [1.54, 1.807) is 11.3 Å². The maximum atomic E-state index is 12.5. The number of H-pyrrole nitrogens is 1. The Balaban J connectivity index is 1.94. The van der Waals surface area contributed by atoms with E-state index in [1.165, 1.54) is 4.88 Å². The van der Waals surface area contributed by atoms with Gasteiger partial charge in [0.25, 0.3) is 0 Å². The highest BCUT2D eigenvalue weighted by Gasteiger charge is 2.32. The quantitative estimate of drug-likeness (QED) is 0.874. The van der Waals surface area contributed by atoms with Crippen LogP contribution in [-0.2, 0) is 11.2 Å². The summed E-state index contributed by atoms with van der Waals surface area (Å²) in [5, 5.41) is 2.03. The van der Waals surface area contributed by atoms with Gasteiger partial charge < -0.3 is 9.72 Å². The molecule has 5 heteroatoms. The lowest BCUT2D eigenvalue weighted by atomic mass is 9.84. The van der Waals surface area contributed by atoms with Crippen LogP contribution in [0.15, 0.2) is 17.5 Å². The van der Waals surface area contributed by atoms with Gasteiger partial charge in [-0.2, -0.15) is 0 Å². The molecule has 2 aromatic rings. The summed E-state index contributed by atoms with van der Waals surface area (Å²) in [6.45, 7) is 5.44. The molecule has 0 bridgehead atoms. The topological polar surface area (TPSA) is 59.2 Å². The van der Waals surface area contributed by atoms with Crippen LogP contribution < -0.4 is 0 Å². The van der Waals surface area contributed by atoms with Gasteiger partial charge in [-0.3, -0.25) is 4.79 Å². The lowest BCUT2D eigenvalue weighted by Gasteiger charge is -2.20. The highest BCUT2D eigenvalue weighted by Crippen LogP contribution is 2.36. The van der Waals surface area contributed by atoms with Crippen LogP contribution in [-0.4, -0.2) is 22.8 Å². The standard InChI is InChI=1S/C17H19NO3S/c1-9(2)21-17(20)16-10(3)15-12(18-16)7-11(8-13(15)19)14-5-4-6-22-14/h4-6,9,11,18H,7-8H2,1-3H3/t11-/m0/s1. The van der Waals surface area contributed by atoms with Crippen LogP contribution >= 0.6 is 11.3 Å². The molecule has 2 heterocycles. The fourth-order valence-electron chi connectivity index (χ4n) is 3.04. The number of Topliss-reactive ketones (excluding diaryl/α,β-unsaturated/α-hetero) is 1. The van der Waals surface area contributed by atoms with Crippen molar-refractivity contribution in [3.63, 3.8) is 0 Å². The number of aromatic amines is 1. The van der Waals surface area contributed by atoms with Crippen molar-refractivity contribution in [3.05, 3.63) is 44.9 Å². The molecule has 3 rings (SSSR count). The van der Waals surface area contributed by atoms with Gasteiger partial charge >= 0.3 is 5.97 Å². The molecule has 116 valence electrons. The Morgan fingerprint density at radius 2 is 2.18 bits per heavy atom. The number of ketones is 1. The van der Waals surface area contributed by atoms with Crippen molar-refractivity contribution >= 4 is 23.1 Å². The molecule has 0 aromatic carbocycles. The number of esters is 1. The molecule has 1 N–H and O–H groups in total. The number of aromatic nitrogens is 1. The molecule has 22 heavy (non-hydrogen) atoms. The monoisotopic (exact) mass is 317 g/mol. The Morgan fingerprint density at radius 1 is 1.41 bits per heavy atom. The van der Waals surface area contributed by atoms with Gasteiger partial charge in [0.1, 0.15) is 5.69 Å². The van der Waals surface area contributed by atoms with Gasteiger partial charge in [0.15, 0.2) is 5.78 Å². The maximum absolute atomic E-state index is 12.5. The van der Waals surface area contributed by atoms with Crippen molar-refractivity contribution in [2.75, 3.05) is 0 Å². The summed E-state index contributed by atoms with van der Waals surface area (Å²) in [7, 11) is 0. The van der Waals surface area contributed by atoms with Crippen molar-refractivity contribution in [3.8, 4) is 0 Å². The van der Waals surface area contributed by atoms with E-state index in [0.29, 0.717) is 17.7 Å². The molecular weight excluding hydrogens is 298 g/mol. The number of hydrogen-bond acceptors (Lipinski definition) is 4. The molecule has 0 fully saturated rings. The first kappa shape index (κ1) is 15.0. The molecule has 0 spiro atoms. The highest BCUT2D eigenvalue weighted by molar-refractivity contribution is 7.10. The second-order valence-electron chi connectivity index (χ2n) is 5.98. The smallest absolute Gasteiger partial charge is 0.355 e. The molecule has 1 aliphatic carbocycles. The average molecular weight is 317 g/mol. The van der Waals surface area contributed by atoms with Crippen LogP contribution in [0.2, 0.25) is 0 Å². The summed E-state index contributed by atoms with van der Waals surface area (Å²) in [6.07, 6.45) is 1.09. The fraction of sp³-hybridized carbons (Fsp3) is 0.412. The van der Waals surface area contributed by atoms with Crippen LogP contribution in [0.1, 0.15) is 63.2 Å². The van der Waals surface area contributed by atoms with Crippen molar-refractivity contribution < 1.29 is 14.3 Å². The molecule has 0 unspecified atom stereocenters. The molecule has 0 radical (unpaired) electrons. The zero-order valence-electron chi connectivity index (χ0n) is 12.9. The van der Waals surface area contributed by atoms with Crippen molar-refractivity contribution in [1.82, 2.24) is 4.98 Å². The molecule has 1 aliphatic rings. The van der Waals surface area contributed by atoms with Gasteiger partial charge in [-0.05, 0) is 44.2 Å². The minimum Gasteiger partial charge on any atom is -0.458 e. The number of hydrogen-bond donors (Lipinski definition) is 1. The number of rotatable bonds is 3. The van der Waals surface area contributed by atoms with E-state index in [-0.39, 0.29) is 23.8 Å². The fourth-order valence-corrected chi connectivity index (χ4v) is 3.87. The van der Waals surface area contributed by atoms with Crippen molar-refractivity contribution in [2.45, 2.75) is 45.6 Å². The Labute approximate surface area is 133 Å². The minimum absolute atomic E-state index is 0.108. The van der Waals surface area contributed by atoms with E-state index in [0.717, 1.165) is 17.7 Å². The largest absolute Gasteiger partial charge is 0.458 e. The number of nitrogens with one attached hydrogen (secondary N) is 1. The predicted octanol–water partition coefficient (Wildman–Crippen LogP) is 3.86. The van der Waals surface area contributed by atoms with E-state index >= 15 is 0 Å².